The van der Waals surface area contributed by atoms with Gasteiger partial charge in [-0.3, -0.25) is 4.79 Å². The maximum absolute atomic E-state index is 13.6. The fourth-order valence-corrected chi connectivity index (χ4v) is 2.22. The molecule has 0 aliphatic carbocycles. The molecule has 0 bridgehead atoms. The molecule has 7 heteroatoms. The molecule has 1 amide bonds. The molecule has 0 atom stereocenters. The van der Waals surface area contributed by atoms with Crippen molar-refractivity contribution in [2.75, 3.05) is 12.4 Å². The minimum Gasteiger partial charge on any atom is -0.494 e. The summed E-state index contributed by atoms with van der Waals surface area (Å²) in [7, 11) is 1.36. The zero-order valence-electron chi connectivity index (χ0n) is 11.6. The van der Waals surface area contributed by atoms with Gasteiger partial charge in [-0.15, -0.1) is 0 Å². The quantitative estimate of drug-likeness (QED) is 0.885. The second-order valence-corrected chi connectivity index (χ2v) is 4.90. The molecule has 0 saturated heterocycles. The first-order valence-corrected chi connectivity index (χ1v) is 6.66. The number of benzene rings is 2. The van der Waals surface area contributed by atoms with Crippen LogP contribution < -0.4 is 15.8 Å². The lowest BCUT2D eigenvalue weighted by Gasteiger charge is -2.15. The highest BCUT2D eigenvalue weighted by Crippen LogP contribution is 2.33. The molecule has 0 aliphatic heterocycles. The lowest BCUT2D eigenvalue weighted by atomic mass is 10.1. The Morgan fingerprint density at radius 3 is 2.73 bits per heavy atom. The van der Waals surface area contributed by atoms with Gasteiger partial charge in [0, 0.05) is 17.1 Å². The van der Waals surface area contributed by atoms with Gasteiger partial charge >= 0.3 is 0 Å². The van der Waals surface area contributed by atoms with Crippen LogP contribution in [0.25, 0.3) is 0 Å². The van der Waals surface area contributed by atoms with Crippen LogP contribution in [0.5, 0.6) is 5.75 Å². The molecular weight excluding hydrogens is 314 g/mol. The van der Waals surface area contributed by atoms with Gasteiger partial charge in [-0.1, -0.05) is 23.7 Å². The summed E-state index contributed by atoms with van der Waals surface area (Å²) < 4.78 is 31.9. The van der Waals surface area contributed by atoms with Gasteiger partial charge in [0.05, 0.1) is 18.4 Å². The van der Waals surface area contributed by atoms with Crippen molar-refractivity contribution in [3.8, 4) is 5.75 Å². The van der Waals surface area contributed by atoms with E-state index in [0.717, 1.165) is 6.07 Å². The number of anilines is 1. The number of rotatable bonds is 5. The van der Waals surface area contributed by atoms with Crippen LogP contribution in [-0.2, 0) is 6.54 Å². The molecule has 2 rings (SSSR count). The number of methoxy groups -OCH3 is 1. The van der Waals surface area contributed by atoms with Crippen molar-refractivity contribution in [3.63, 3.8) is 0 Å². The first-order chi connectivity index (χ1) is 10.4. The third-order valence-corrected chi connectivity index (χ3v) is 3.24. The average molecular weight is 327 g/mol. The van der Waals surface area contributed by atoms with E-state index in [1.165, 1.54) is 31.4 Å². The molecule has 3 N–H and O–H groups in total. The Kier molecular flexibility index (Phi) is 4.82. The van der Waals surface area contributed by atoms with E-state index in [2.05, 4.69) is 5.32 Å². The zero-order chi connectivity index (χ0) is 16.3. The smallest absolute Gasteiger partial charge is 0.252 e. The fraction of sp³-hybridized carbons (Fsp3) is 0.133. The molecular formula is C15H13ClF2N2O2. The molecule has 0 unspecified atom stereocenters. The standard InChI is InChI=1S/C15H13ClF2N2O2/c1-22-14-10(15(19)21)5-9(16)6-12(14)20-7-8-3-2-4-11(17)13(8)18/h2-6,20H,7H2,1H3,(H2,19,21). The molecule has 0 aromatic heterocycles. The number of amides is 1. The summed E-state index contributed by atoms with van der Waals surface area (Å²) in [5.74, 6) is -2.39. The number of hydrogen-bond acceptors (Lipinski definition) is 3. The largest absolute Gasteiger partial charge is 0.494 e. The maximum atomic E-state index is 13.6. The number of primary amides is 1. The predicted octanol–water partition coefficient (Wildman–Crippen LogP) is 3.34. The number of carbonyl (C=O) groups excluding carboxylic acids is 1. The van der Waals surface area contributed by atoms with E-state index in [-0.39, 0.29) is 28.4 Å². The number of ether oxygens (including phenoxy) is 1. The molecule has 0 radical (unpaired) electrons. The van der Waals surface area contributed by atoms with Crippen molar-refractivity contribution in [3.05, 3.63) is 58.1 Å². The Morgan fingerprint density at radius 1 is 1.36 bits per heavy atom. The minimum absolute atomic E-state index is 0.0154. The molecule has 2 aromatic carbocycles. The van der Waals surface area contributed by atoms with E-state index >= 15 is 0 Å². The van der Waals surface area contributed by atoms with Crippen LogP contribution in [0.3, 0.4) is 0 Å². The molecule has 0 saturated carbocycles. The molecule has 4 nitrogen and oxygen atoms in total. The fourth-order valence-electron chi connectivity index (χ4n) is 2.00. The summed E-state index contributed by atoms with van der Waals surface area (Å²) in [6.07, 6.45) is 0. The predicted molar refractivity (Wildman–Crippen MR) is 80.2 cm³/mol. The van der Waals surface area contributed by atoms with E-state index in [4.69, 9.17) is 22.1 Å². The Hall–Kier alpha value is -2.34. The van der Waals surface area contributed by atoms with E-state index in [1.54, 1.807) is 0 Å². The van der Waals surface area contributed by atoms with Gasteiger partial charge in [-0.05, 0) is 18.2 Å². The van der Waals surface area contributed by atoms with Crippen molar-refractivity contribution in [1.29, 1.82) is 0 Å². The zero-order valence-corrected chi connectivity index (χ0v) is 12.4. The van der Waals surface area contributed by atoms with Crippen molar-refractivity contribution in [1.82, 2.24) is 0 Å². The lowest BCUT2D eigenvalue weighted by molar-refractivity contribution is 0.0997. The first-order valence-electron chi connectivity index (χ1n) is 6.28. The van der Waals surface area contributed by atoms with Gasteiger partial charge < -0.3 is 15.8 Å². The van der Waals surface area contributed by atoms with Gasteiger partial charge in [-0.2, -0.15) is 0 Å². The van der Waals surface area contributed by atoms with Gasteiger partial charge in [0.2, 0.25) is 0 Å². The summed E-state index contributed by atoms with van der Waals surface area (Å²) >= 11 is 5.92. The van der Waals surface area contributed by atoms with Crippen LogP contribution in [0.15, 0.2) is 30.3 Å². The second kappa shape index (κ2) is 6.62. The van der Waals surface area contributed by atoms with Gasteiger partial charge in [0.25, 0.3) is 5.91 Å². The average Bonchev–Trinajstić information content (AvgIpc) is 2.48. The Bertz CT molecular complexity index is 723. The number of nitrogens with two attached hydrogens (primary N) is 1. The molecule has 2 aromatic rings. The molecule has 0 heterocycles. The SMILES string of the molecule is COc1c(NCc2cccc(F)c2F)cc(Cl)cc1C(N)=O. The number of carbonyl (C=O) groups is 1. The van der Waals surface area contributed by atoms with Crippen LogP contribution in [-0.4, -0.2) is 13.0 Å². The van der Waals surface area contributed by atoms with Crippen molar-refractivity contribution >= 4 is 23.2 Å². The normalized spacial score (nSPS) is 10.4. The molecule has 0 spiro atoms. The van der Waals surface area contributed by atoms with Crippen molar-refractivity contribution in [2.45, 2.75) is 6.54 Å². The van der Waals surface area contributed by atoms with Crippen LogP contribution >= 0.6 is 11.6 Å². The second-order valence-electron chi connectivity index (χ2n) is 4.46. The minimum atomic E-state index is -0.939. The summed E-state index contributed by atoms with van der Waals surface area (Å²) in [5.41, 5.74) is 5.84. The van der Waals surface area contributed by atoms with Crippen LogP contribution in [0, 0.1) is 11.6 Å². The van der Waals surface area contributed by atoms with Crippen molar-refractivity contribution in [2.24, 2.45) is 5.73 Å². The third kappa shape index (κ3) is 3.28. The van der Waals surface area contributed by atoms with Crippen LogP contribution in [0.1, 0.15) is 15.9 Å². The van der Waals surface area contributed by atoms with Gasteiger partial charge in [0.1, 0.15) is 0 Å². The summed E-state index contributed by atoms with van der Waals surface area (Å²) in [6, 6.07) is 6.75. The van der Waals surface area contributed by atoms with Crippen molar-refractivity contribution < 1.29 is 18.3 Å². The molecule has 0 aliphatic rings. The van der Waals surface area contributed by atoms with Crippen LogP contribution in [0.4, 0.5) is 14.5 Å². The topological polar surface area (TPSA) is 64.3 Å². The summed E-state index contributed by atoms with van der Waals surface area (Å²) in [6.45, 7) is -0.0154. The van der Waals surface area contributed by atoms with Gasteiger partial charge in [0.15, 0.2) is 17.4 Å². The Morgan fingerprint density at radius 2 is 2.09 bits per heavy atom. The molecule has 22 heavy (non-hydrogen) atoms. The van der Waals surface area contributed by atoms with E-state index < -0.39 is 17.5 Å². The summed E-state index contributed by atoms with van der Waals surface area (Å²) in [4.78, 5) is 11.4. The van der Waals surface area contributed by atoms with E-state index in [0.29, 0.717) is 5.69 Å². The molecule has 116 valence electrons. The highest BCUT2D eigenvalue weighted by Gasteiger charge is 2.16. The Balaban J connectivity index is 2.33. The van der Waals surface area contributed by atoms with E-state index in [9.17, 15) is 13.6 Å². The van der Waals surface area contributed by atoms with E-state index in [1.807, 2.05) is 0 Å². The first kappa shape index (κ1) is 16.0. The summed E-state index contributed by atoms with van der Waals surface area (Å²) in [5, 5.41) is 3.12. The van der Waals surface area contributed by atoms with Gasteiger partial charge in [-0.25, -0.2) is 8.78 Å². The highest BCUT2D eigenvalue weighted by molar-refractivity contribution is 6.31. The maximum Gasteiger partial charge on any atom is 0.252 e. The third-order valence-electron chi connectivity index (χ3n) is 3.02. The monoisotopic (exact) mass is 326 g/mol. The Labute approximate surface area is 130 Å². The number of halogens is 3. The molecule has 0 fully saturated rings. The lowest BCUT2D eigenvalue weighted by Crippen LogP contribution is -2.14. The van der Waals surface area contributed by atoms with Crippen LogP contribution in [0.2, 0.25) is 5.02 Å². The number of nitrogens with one attached hydrogen (secondary N) is 1. The highest BCUT2D eigenvalue weighted by atomic mass is 35.5. The number of hydrogen-bond donors (Lipinski definition) is 2.